The third-order valence-corrected chi connectivity index (χ3v) is 7.73. The maximum absolute atomic E-state index is 13.9. The highest BCUT2D eigenvalue weighted by atomic mass is 35.5. The Morgan fingerprint density at radius 3 is 2.75 bits per heavy atom. The van der Waals surface area contributed by atoms with E-state index in [9.17, 15) is 4.39 Å². The van der Waals surface area contributed by atoms with Gasteiger partial charge in [0.15, 0.2) is 11.6 Å². The number of fused-ring (bicyclic) bond motifs is 1. The Hall–Kier alpha value is -2.35. The lowest BCUT2D eigenvalue weighted by Crippen LogP contribution is -2.46. The molecule has 1 unspecified atom stereocenters. The lowest BCUT2D eigenvalue weighted by molar-refractivity contribution is 0.0230. The number of ether oxygens (including phenoxy) is 1. The summed E-state index contributed by atoms with van der Waals surface area (Å²) in [7, 11) is 0. The summed E-state index contributed by atoms with van der Waals surface area (Å²) in [5, 5.41) is 11.5. The molecule has 1 spiro atoms. The van der Waals surface area contributed by atoms with Gasteiger partial charge in [0.05, 0.1) is 27.8 Å². The van der Waals surface area contributed by atoms with Crippen LogP contribution in [-0.2, 0) is 0 Å². The van der Waals surface area contributed by atoms with Crippen LogP contribution in [0.15, 0.2) is 36.8 Å². The highest BCUT2D eigenvalue weighted by molar-refractivity contribution is 6.36. The van der Waals surface area contributed by atoms with E-state index >= 15 is 0 Å². The van der Waals surface area contributed by atoms with Crippen molar-refractivity contribution in [2.75, 3.05) is 18.4 Å². The number of piperidine rings is 1. The van der Waals surface area contributed by atoms with Crippen LogP contribution in [0, 0.1) is 11.2 Å². The fourth-order valence-corrected chi connectivity index (χ4v) is 5.74. The van der Waals surface area contributed by atoms with E-state index < -0.39 is 12.0 Å². The lowest BCUT2D eigenvalue weighted by atomic mass is 9.60. The number of benzene rings is 1. The molecule has 1 atom stereocenters. The number of nitrogens with zero attached hydrogens (tertiary/aromatic N) is 3. The van der Waals surface area contributed by atoms with Crippen molar-refractivity contribution in [1.82, 2.24) is 20.1 Å². The van der Waals surface area contributed by atoms with Crippen LogP contribution in [0.25, 0.3) is 11.1 Å². The standard InChI is InChI=1S/C23H22Cl2FN5O/c24-16-1-2-17(26)20(25)19(16)22-30-21-18(32-22)7-13(10-28-21)14-11-29-31(12-14)15-8-23(9-15)3-5-27-6-4-23/h1-2,7,10-12,15,22,27H,3-6,8-9H2,(H,28,30). The number of anilines is 1. The molecule has 4 heterocycles. The summed E-state index contributed by atoms with van der Waals surface area (Å²) < 4.78 is 22.0. The zero-order valence-electron chi connectivity index (χ0n) is 17.2. The first-order valence-electron chi connectivity index (χ1n) is 10.8. The van der Waals surface area contributed by atoms with Crippen molar-refractivity contribution in [2.45, 2.75) is 38.0 Å². The van der Waals surface area contributed by atoms with E-state index in [0.717, 1.165) is 24.2 Å². The molecule has 32 heavy (non-hydrogen) atoms. The van der Waals surface area contributed by atoms with Crippen molar-refractivity contribution >= 4 is 29.0 Å². The first-order valence-corrected chi connectivity index (χ1v) is 11.6. The fraction of sp³-hybridized carbons (Fsp3) is 0.391. The van der Waals surface area contributed by atoms with E-state index in [1.807, 2.05) is 12.3 Å². The van der Waals surface area contributed by atoms with Gasteiger partial charge in [-0.05, 0) is 62.4 Å². The van der Waals surface area contributed by atoms with Gasteiger partial charge in [-0.2, -0.15) is 5.10 Å². The molecule has 166 valence electrons. The summed E-state index contributed by atoms with van der Waals surface area (Å²) in [6.45, 7) is 2.25. The largest absolute Gasteiger partial charge is 0.462 e. The molecule has 0 amide bonds. The Labute approximate surface area is 195 Å². The summed E-state index contributed by atoms with van der Waals surface area (Å²) >= 11 is 12.4. The van der Waals surface area contributed by atoms with Crippen molar-refractivity contribution < 1.29 is 9.13 Å². The molecule has 1 saturated carbocycles. The van der Waals surface area contributed by atoms with Gasteiger partial charge in [-0.3, -0.25) is 4.68 Å². The average molecular weight is 474 g/mol. The molecule has 6 nitrogen and oxygen atoms in total. The first kappa shape index (κ1) is 20.3. The summed E-state index contributed by atoms with van der Waals surface area (Å²) in [5.74, 6) is 0.582. The van der Waals surface area contributed by atoms with Crippen LogP contribution >= 0.6 is 23.2 Å². The summed E-state index contributed by atoms with van der Waals surface area (Å²) in [4.78, 5) is 4.49. The van der Waals surface area contributed by atoms with E-state index in [1.54, 1.807) is 6.20 Å². The minimum atomic E-state index is -0.706. The van der Waals surface area contributed by atoms with E-state index in [2.05, 4.69) is 31.6 Å². The molecule has 6 rings (SSSR count). The second-order valence-electron chi connectivity index (χ2n) is 8.99. The Morgan fingerprint density at radius 2 is 1.94 bits per heavy atom. The molecule has 0 radical (unpaired) electrons. The number of halogens is 3. The second-order valence-corrected chi connectivity index (χ2v) is 9.78. The Balaban J connectivity index is 1.20. The molecule has 9 heteroatoms. The summed E-state index contributed by atoms with van der Waals surface area (Å²) in [5.41, 5.74) is 2.76. The van der Waals surface area contributed by atoms with Crippen molar-refractivity contribution in [3.05, 3.63) is 58.2 Å². The van der Waals surface area contributed by atoms with Crippen LogP contribution < -0.4 is 15.4 Å². The van der Waals surface area contributed by atoms with Gasteiger partial charge in [-0.25, -0.2) is 9.37 Å². The number of pyridine rings is 1. The second kappa shape index (κ2) is 7.61. The molecule has 2 aliphatic heterocycles. The van der Waals surface area contributed by atoms with Gasteiger partial charge in [0.25, 0.3) is 0 Å². The monoisotopic (exact) mass is 473 g/mol. The predicted molar refractivity (Wildman–Crippen MR) is 122 cm³/mol. The van der Waals surface area contributed by atoms with Crippen LogP contribution in [-0.4, -0.2) is 27.9 Å². The minimum Gasteiger partial charge on any atom is -0.462 e. The molecule has 3 aliphatic rings. The van der Waals surface area contributed by atoms with Crippen molar-refractivity contribution in [3.63, 3.8) is 0 Å². The molecule has 1 aromatic carbocycles. The van der Waals surface area contributed by atoms with Crippen molar-refractivity contribution in [2.24, 2.45) is 5.41 Å². The third-order valence-electron chi connectivity index (χ3n) is 7.02. The van der Waals surface area contributed by atoms with Gasteiger partial charge < -0.3 is 15.4 Å². The van der Waals surface area contributed by atoms with E-state index in [0.29, 0.717) is 33.6 Å². The number of aromatic nitrogens is 3. The van der Waals surface area contributed by atoms with E-state index in [1.165, 1.54) is 37.8 Å². The number of nitrogens with one attached hydrogen (secondary N) is 2. The lowest BCUT2D eigenvalue weighted by Gasteiger charge is -2.50. The number of hydrogen-bond acceptors (Lipinski definition) is 5. The van der Waals surface area contributed by atoms with Gasteiger partial charge in [-0.1, -0.05) is 23.2 Å². The normalized spacial score (nSPS) is 21.7. The molecule has 2 fully saturated rings. The third kappa shape index (κ3) is 3.34. The molecular formula is C23H22Cl2FN5O. The number of rotatable bonds is 3. The molecule has 3 aromatic rings. The highest BCUT2D eigenvalue weighted by Gasteiger charge is 2.45. The van der Waals surface area contributed by atoms with Gasteiger partial charge in [-0.15, -0.1) is 0 Å². The van der Waals surface area contributed by atoms with Crippen molar-refractivity contribution in [3.8, 4) is 16.9 Å². The smallest absolute Gasteiger partial charge is 0.200 e. The highest BCUT2D eigenvalue weighted by Crippen LogP contribution is 2.53. The average Bonchev–Trinajstić information content (AvgIpc) is 3.42. The zero-order valence-corrected chi connectivity index (χ0v) is 18.8. The quantitative estimate of drug-likeness (QED) is 0.484. The predicted octanol–water partition coefficient (Wildman–Crippen LogP) is 5.60. The Morgan fingerprint density at radius 1 is 1.12 bits per heavy atom. The summed E-state index contributed by atoms with van der Waals surface area (Å²) in [6, 6.07) is 5.07. The van der Waals surface area contributed by atoms with Crippen molar-refractivity contribution in [1.29, 1.82) is 0 Å². The molecule has 2 aromatic heterocycles. The van der Waals surface area contributed by atoms with Crippen LogP contribution in [0.5, 0.6) is 5.75 Å². The van der Waals surface area contributed by atoms with Gasteiger partial charge in [0, 0.05) is 23.5 Å². The SMILES string of the molecule is Fc1ccc(Cl)c(C2Nc3ncc(-c4cnn(C5CC6(CCNCC6)C5)c4)cc3O2)c1Cl. The van der Waals surface area contributed by atoms with Crippen LogP contribution in [0.2, 0.25) is 10.0 Å². The van der Waals surface area contributed by atoms with Gasteiger partial charge >= 0.3 is 0 Å². The van der Waals surface area contributed by atoms with E-state index in [-0.39, 0.29) is 5.02 Å². The Kier molecular flexibility index (Phi) is 4.82. The van der Waals surface area contributed by atoms with Gasteiger partial charge in [0.1, 0.15) is 5.82 Å². The van der Waals surface area contributed by atoms with Crippen LogP contribution in [0.1, 0.15) is 43.5 Å². The molecule has 2 N–H and O–H groups in total. The van der Waals surface area contributed by atoms with Crippen LogP contribution in [0.4, 0.5) is 10.2 Å². The van der Waals surface area contributed by atoms with E-state index in [4.69, 9.17) is 27.9 Å². The molecule has 0 bridgehead atoms. The topological polar surface area (TPSA) is 64.0 Å². The first-order chi connectivity index (χ1) is 15.5. The molecule has 1 aliphatic carbocycles. The number of hydrogen-bond donors (Lipinski definition) is 2. The Bertz CT molecular complexity index is 1190. The maximum Gasteiger partial charge on any atom is 0.200 e. The zero-order chi connectivity index (χ0) is 21.9. The summed E-state index contributed by atoms with van der Waals surface area (Å²) in [6.07, 6.45) is 9.95. The van der Waals surface area contributed by atoms with Gasteiger partial charge in [0.2, 0.25) is 6.23 Å². The maximum atomic E-state index is 13.9. The minimum absolute atomic E-state index is 0.0590. The molecular weight excluding hydrogens is 452 g/mol. The van der Waals surface area contributed by atoms with Crippen LogP contribution in [0.3, 0.4) is 0 Å². The molecule has 1 saturated heterocycles. The fourth-order valence-electron chi connectivity index (χ4n) is 5.17.